The largest absolute Gasteiger partial charge is 0.508 e. The number of allylic oxidation sites excluding steroid dienone is 2. The van der Waals surface area contributed by atoms with Crippen LogP contribution in [0.25, 0.3) is 0 Å². The number of phenolic OH excluding ortho intramolecular Hbond substituents is 1. The number of aromatic hydroxyl groups is 1. The molecule has 1 heteroatoms. The molecule has 1 aliphatic carbocycles. The van der Waals surface area contributed by atoms with Crippen molar-refractivity contribution in [3.05, 3.63) is 77.4 Å². The fourth-order valence-electron chi connectivity index (χ4n) is 3.51. The maximum atomic E-state index is 9.55. The van der Waals surface area contributed by atoms with Crippen molar-refractivity contribution < 1.29 is 5.11 Å². The maximum Gasteiger partial charge on any atom is 0.115 e. The molecule has 1 atom stereocenters. The van der Waals surface area contributed by atoms with Gasteiger partial charge in [-0.1, -0.05) is 67.0 Å². The van der Waals surface area contributed by atoms with Crippen LogP contribution in [-0.4, -0.2) is 5.11 Å². The van der Waals surface area contributed by atoms with Crippen LogP contribution in [0.1, 0.15) is 49.7 Å². The second-order valence-corrected chi connectivity index (χ2v) is 6.37. The summed E-state index contributed by atoms with van der Waals surface area (Å²) in [4.78, 5) is 0. The molecule has 114 valence electrons. The van der Waals surface area contributed by atoms with Crippen LogP contribution in [0, 0.1) is 5.92 Å². The number of hydrogen-bond donors (Lipinski definition) is 1. The highest BCUT2D eigenvalue weighted by Crippen LogP contribution is 2.35. The summed E-state index contributed by atoms with van der Waals surface area (Å²) in [6, 6.07) is 18.3. The SMILES string of the molecule is CC(=CC(c1ccccc1)c1ccc(O)cc1)C1CCCC1. The van der Waals surface area contributed by atoms with E-state index in [9.17, 15) is 5.11 Å². The van der Waals surface area contributed by atoms with Gasteiger partial charge in [-0.05, 0) is 48.9 Å². The van der Waals surface area contributed by atoms with E-state index in [1.54, 1.807) is 12.1 Å². The molecule has 0 amide bonds. The first-order valence-corrected chi connectivity index (χ1v) is 8.26. The lowest BCUT2D eigenvalue weighted by molar-refractivity contribution is 0.475. The standard InChI is InChI=1S/C21H24O/c1-16(17-7-5-6-8-17)15-21(18-9-3-2-4-10-18)19-11-13-20(22)14-12-19/h2-4,9-15,17,21-22H,5-8H2,1H3. The summed E-state index contributed by atoms with van der Waals surface area (Å²) >= 11 is 0. The predicted molar refractivity (Wildman–Crippen MR) is 92.1 cm³/mol. The molecule has 0 heterocycles. The molecule has 3 rings (SSSR count). The average Bonchev–Trinajstić information content (AvgIpc) is 3.09. The van der Waals surface area contributed by atoms with Crippen LogP contribution in [0.4, 0.5) is 0 Å². The highest BCUT2D eigenvalue weighted by Gasteiger charge is 2.19. The van der Waals surface area contributed by atoms with Gasteiger partial charge in [0.25, 0.3) is 0 Å². The zero-order valence-corrected chi connectivity index (χ0v) is 13.2. The third-order valence-electron chi connectivity index (χ3n) is 4.84. The Balaban J connectivity index is 1.95. The lowest BCUT2D eigenvalue weighted by Gasteiger charge is -2.18. The van der Waals surface area contributed by atoms with Gasteiger partial charge in [-0.2, -0.15) is 0 Å². The van der Waals surface area contributed by atoms with E-state index in [-0.39, 0.29) is 5.92 Å². The van der Waals surface area contributed by atoms with Gasteiger partial charge in [0.2, 0.25) is 0 Å². The van der Waals surface area contributed by atoms with Crippen molar-refractivity contribution in [3.8, 4) is 5.75 Å². The van der Waals surface area contributed by atoms with Crippen molar-refractivity contribution in [2.45, 2.75) is 38.5 Å². The van der Waals surface area contributed by atoms with E-state index in [0.29, 0.717) is 5.75 Å². The van der Waals surface area contributed by atoms with Crippen molar-refractivity contribution in [2.24, 2.45) is 5.92 Å². The van der Waals surface area contributed by atoms with Gasteiger partial charge in [0, 0.05) is 5.92 Å². The highest BCUT2D eigenvalue weighted by molar-refractivity contribution is 5.40. The van der Waals surface area contributed by atoms with Gasteiger partial charge >= 0.3 is 0 Å². The molecular weight excluding hydrogens is 268 g/mol. The maximum absolute atomic E-state index is 9.55. The van der Waals surface area contributed by atoms with Gasteiger partial charge < -0.3 is 5.11 Å². The second kappa shape index (κ2) is 6.83. The summed E-state index contributed by atoms with van der Waals surface area (Å²) in [5, 5.41) is 9.55. The van der Waals surface area contributed by atoms with E-state index in [2.05, 4.69) is 43.3 Å². The van der Waals surface area contributed by atoms with Crippen molar-refractivity contribution in [3.63, 3.8) is 0 Å². The van der Waals surface area contributed by atoms with Crippen molar-refractivity contribution >= 4 is 0 Å². The minimum atomic E-state index is 0.266. The van der Waals surface area contributed by atoms with E-state index >= 15 is 0 Å². The minimum Gasteiger partial charge on any atom is -0.508 e. The Morgan fingerprint density at radius 2 is 1.55 bits per heavy atom. The quantitative estimate of drug-likeness (QED) is 0.721. The average molecular weight is 292 g/mol. The Bertz CT molecular complexity index is 619. The van der Waals surface area contributed by atoms with Crippen LogP contribution in [0.5, 0.6) is 5.75 Å². The molecule has 0 radical (unpaired) electrons. The molecular formula is C21H24O. The lowest BCUT2D eigenvalue weighted by Crippen LogP contribution is -2.02. The molecule has 22 heavy (non-hydrogen) atoms. The molecule has 0 spiro atoms. The fourth-order valence-corrected chi connectivity index (χ4v) is 3.51. The highest BCUT2D eigenvalue weighted by atomic mass is 16.3. The summed E-state index contributed by atoms with van der Waals surface area (Å²) < 4.78 is 0. The molecule has 0 bridgehead atoms. The van der Waals surface area contributed by atoms with Crippen LogP contribution < -0.4 is 0 Å². The molecule has 2 aromatic rings. The van der Waals surface area contributed by atoms with Crippen molar-refractivity contribution in [1.29, 1.82) is 0 Å². The second-order valence-electron chi connectivity index (χ2n) is 6.37. The molecule has 1 unspecified atom stereocenters. The van der Waals surface area contributed by atoms with Crippen LogP contribution in [0.2, 0.25) is 0 Å². The topological polar surface area (TPSA) is 20.2 Å². The third-order valence-corrected chi connectivity index (χ3v) is 4.84. The van der Waals surface area contributed by atoms with E-state index in [1.807, 2.05) is 12.1 Å². The zero-order chi connectivity index (χ0) is 15.4. The van der Waals surface area contributed by atoms with Crippen LogP contribution in [0.15, 0.2) is 66.2 Å². The molecule has 1 fully saturated rings. The number of hydrogen-bond acceptors (Lipinski definition) is 1. The van der Waals surface area contributed by atoms with E-state index in [0.717, 1.165) is 5.92 Å². The molecule has 0 aliphatic heterocycles. The predicted octanol–water partition coefficient (Wildman–Crippen LogP) is 5.66. The van der Waals surface area contributed by atoms with Gasteiger partial charge in [0.05, 0.1) is 0 Å². The number of rotatable bonds is 4. The van der Waals surface area contributed by atoms with E-state index < -0.39 is 0 Å². The molecule has 2 aromatic carbocycles. The van der Waals surface area contributed by atoms with Crippen molar-refractivity contribution in [2.75, 3.05) is 0 Å². The Morgan fingerprint density at radius 3 is 2.18 bits per heavy atom. The Morgan fingerprint density at radius 1 is 0.955 bits per heavy atom. The molecule has 1 N–H and O–H groups in total. The first kappa shape index (κ1) is 14.9. The van der Waals surface area contributed by atoms with Gasteiger partial charge in [-0.15, -0.1) is 0 Å². The van der Waals surface area contributed by atoms with Crippen LogP contribution >= 0.6 is 0 Å². The number of benzene rings is 2. The first-order valence-electron chi connectivity index (χ1n) is 8.26. The molecule has 0 saturated heterocycles. The Hall–Kier alpha value is -2.02. The summed E-state index contributed by atoms with van der Waals surface area (Å²) in [5.41, 5.74) is 4.06. The van der Waals surface area contributed by atoms with Gasteiger partial charge in [-0.3, -0.25) is 0 Å². The van der Waals surface area contributed by atoms with Crippen molar-refractivity contribution in [1.82, 2.24) is 0 Å². The summed E-state index contributed by atoms with van der Waals surface area (Å²) in [5.74, 6) is 1.35. The van der Waals surface area contributed by atoms with E-state index in [4.69, 9.17) is 0 Å². The Labute approximate surface area is 133 Å². The third kappa shape index (κ3) is 3.41. The number of phenols is 1. The summed E-state index contributed by atoms with van der Waals surface area (Å²) in [6.45, 7) is 2.28. The monoisotopic (exact) mass is 292 g/mol. The smallest absolute Gasteiger partial charge is 0.115 e. The van der Waals surface area contributed by atoms with E-state index in [1.165, 1.54) is 42.4 Å². The zero-order valence-electron chi connectivity index (χ0n) is 13.2. The molecule has 1 aliphatic rings. The van der Waals surface area contributed by atoms with Crippen LogP contribution in [-0.2, 0) is 0 Å². The summed E-state index contributed by atoms with van der Waals surface area (Å²) in [6.07, 6.45) is 7.83. The van der Waals surface area contributed by atoms with Gasteiger partial charge in [0.1, 0.15) is 5.75 Å². The van der Waals surface area contributed by atoms with Gasteiger partial charge in [0.15, 0.2) is 0 Å². The first-order chi connectivity index (χ1) is 10.7. The Kier molecular flexibility index (Phi) is 4.62. The van der Waals surface area contributed by atoms with Gasteiger partial charge in [-0.25, -0.2) is 0 Å². The molecule has 0 aromatic heterocycles. The molecule has 1 nitrogen and oxygen atoms in total. The normalized spacial score (nSPS) is 17.6. The lowest BCUT2D eigenvalue weighted by atomic mass is 9.86. The van der Waals surface area contributed by atoms with Crippen LogP contribution in [0.3, 0.4) is 0 Å². The fraction of sp³-hybridized carbons (Fsp3) is 0.333. The summed E-state index contributed by atoms with van der Waals surface area (Å²) in [7, 11) is 0. The minimum absolute atomic E-state index is 0.266. The molecule has 1 saturated carbocycles.